The minimum atomic E-state index is -4.62. The van der Waals surface area contributed by atoms with E-state index in [9.17, 15) is 38.2 Å². The summed E-state index contributed by atoms with van der Waals surface area (Å²) in [5, 5.41) is 23.9. The van der Waals surface area contributed by atoms with Gasteiger partial charge in [0.05, 0.1) is 30.1 Å². The Morgan fingerprint density at radius 1 is 1.12 bits per heavy atom. The number of ether oxygens (including phenoxy) is 2. The number of nitro groups is 2. The first-order valence-corrected chi connectivity index (χ1v) is 7.80. The second kappa shape index (κ2) is 7.52. The van der Waals surface area contributed by atoms with Crippen molar-refractivity contribution in [2.75, 3.05) is 25.3 Å². The van der Waals surface area contributed by atoms with Crippen LogP contribution in [0.4, 0.5) is 21.9 Å². The Morgan fingerprint density at radius 3 is 2.16 bits per heavy atom. The van der Waals surface area contributed by atoms with Gasteiger partial charge in [-0.1, -0.05) is 0 Å². The van der Waals surface area contributed by atoms with Gasteiger partial charge in [-0.3, -0.25) is 30.3 Å². The van der Waals surface area contributed by atoms with Gasteiger partial charge in [0.1, 0.15) is 10.6 Å². The van der Waals surface area contributed by atoms with Crippen LogP contribution in [0.2, 0.25) is 0 Å². The number of sulfone groups is 1. The Bertz CT molecular complexity index is 848. The molecule has 1 aromatic carbocycles. The number of nitrogens with zero attached hydrogens (tertiary/aromatic N) is 2. The molecule has 1 amide bonds. The van der Waals surface area contributed by atoms with Gasteiger partial charge in [0.25, 0.3) is 5.69 Å². The normalized spacial score (nSPS) is 10.6. The monoisotopic (exact) mass is 377 g/mol. The number of carbonyl (C=O) groups is 2. The number of amides is 1. The molecule has 0 bridgehead atoms. The number of hydrogen-bond donors (Lipinski definition) is 1. The fourth-order valence-electron chi connectivity index (χ4n) is 1.65. The van der Waals surface area contributed by atoms with Crippen molar-refractivity contribution in [2.45, 2.75) is 4.90 Å². The average molecular weight is 377 g/mol. The molecule has 0 spiro atoms. The number of non-ortho nitro benzene ring substituents is 1. The van der Waals surface area contributed by atoms with Crippen molar-refractivity contribution < 1.29 is 37.3 Å². The van der Waals surface area contributed by atoms with Crippen LogP contribution >= 0.6 is 0 Å². The van der Waals surface area contributed by atoms with Gasteiger partial charge in [-0.15, -0.1) is 0 Å². The SMILES string of the molecule is COC(=O)CS(=O)(=O)c1cc([N+](=O)[O-])cc([N+](=O)[O-])c1NC(=O)OC. The number of benzene rings is 1. The molecular weight excluding hydrogens is 366 g/mol. The van der Waals surface area contributed by atoms with Crippen LogP contribution in [-0.2, 0) is 24.1 Å². The molecule has 14 heteroatoms. The molecule has 0 fully saturated rings. The van der Waals surface area contributed by atoms with Crippen molar-refractivity contribution in [1.29, 1.82) is 0 Å². The van der Waals surface area contributed by atoms with Crippen LogP contribution in [0.5, 0.6) is 0 Å². The van der Waals surface area contributed by atoms with Crippen LogP contribution in [0.1, 0.15) is 0 Å². The maximum Gasteiger partial charge on any atom is 0.411 e. The highest BCUT2D eigenvalue weighted by molar-refractivity contribution is 7.92. The number of hydrogen-bond acceptors (Lipinski definition) is 10. The molecular formula is C11H11N3O10S. The second-order valence-electron chi connectivity index (χ2n) is 4.30. The van der Waals surface area contributed by atoms with E-state index in [0.717, 1.165) is 14.2 Å². The van der Waals surface area contributed by atoms with Crippen molar-refractivity contribution >= 4 is 39.0 Å². The summed E-state index contributed by atoms with van der Waals surface area (Å²) in [6.45, 7) is 0. The summed E-state index contributed by atoms with van der Waals surface area (Å²) in [4.78, 5) is 41.4. The lowest BCUT2D eigenvalue weighted by Gasteiger charge is -2.11. The molecule has 0 radical (unpaired) electrons. The van der Waals surface area contributed by atoms with Crippen LogP contribution in [0.25, 0.3) is 0 Å². The van der Waals surface area contributed by atoms with Crippen LogP contribution in [-0.4, -0.2) is 50.3 Å². The zero-order valence-corrected chi connectivity index (χ0v) is 13.6. The Balaban J connectivity index is 3.76. The number of carbonyl (C=O) groups excluding carboxylic acids is 2. The molecule has 1 aromatic rings. The molecule has 0 unspecified atom stereocenters. The van der Waals surface area contributed by atoms with Crippen LogP contribution in [0, 0.1) is 20.2 Å². The maximum atomic E-state index is 12.3. The Hall–Kier alpha value is -3.29. The molecule has 0 aliphatic rings. The van der Waals surface area contributed by atoms with Gasteiger partial charge in [-0.25, -0.2) is 13.2 Å². The van der Waals surface area contributed by atoms with Gasteiger partial charge >= 0.3 is 17.7 Å². The first-order valence-electron chi connectivity index (χ1n) is 6.14. The summed E-state index contributed by atoms with van der Waals surface area (Å²) in [5.74, 6) is -2.46. The van der Waals surface area contributed by atoms with Crippen LogP contribution in [0.15, 0.2) is 17.0 Å². The minimum absolute atomic E-state index is 0.461. The summed E-state index contributed by atoms with van der Waals surface area (Å²) in [5.41, 5.74) is -2.86. The summed E-state index contributed by atoms with van der Waals surface area (Å²) < 4.78 is 33.1. The molecule has 0 saturated heterocycles. The summed E-state index contributed by atoms with van der Waals surface area (Å²) in [6, 6.07) is 0.943. The molecule has 1 rings (SSSR count). The number of nitro benzene ring substituents is 2. The topological polar surface area (TPSA) is 185 Å². The van der Waals surface area contributed by atoms with E-state index in [0.29, 0.717) is 12.1 Å². The molecule has 0 atom stereocenters. The highest BCUT2D eigenvalue weighted by atomic mass is 32.2. The number of nitrogens with one attached hydrogen (secondary N) is 1. The van der Waals surface area contributed by atoms with Crippen LogP contribution in [0.3, 0.4) is 0 Å². The lowest BCUT2D eigenvalue weighted by Crippen LogP contribution is -2.21. The van der Waals surface area contributed by atoms with Crippen molar-refractivity contribution in [3.8, 4) is 0 Å². The maximum absolute atomic E-state index is 12.3. The number of methoxy groups -OCH3 is 2. The van der Waals surface area contributed by atoms with Crippen LogP contribution < -0.4 is 5.32 Å². The third-order valence-electron chi connectivity index (χ3n) is 2.76. The van der Waals surface area contributed by atoms with Gasteiger partial charge in [0.2, 0.25) is 0 Å². The van der Waals surface area contributed by atoms with E-state index in [2.05, 4.69) is 9.47 Å². The number of anilines is 1. The highest BCUT2D eigenvalue weighted by Crippen LogP contribution is 2.36. The fraction of sp³-hybridized carbons (Fsp3) is 0.273. The quantitative estimate of drug-likeness (QED) is 0.418. The van der Waals surface area contributed by atoms with Gasteiger partial charge in [0.15, 0.2) is 15.6 Å². The Labute approximate surface area is 139 Å². The predicted molar refractivity (Wildman–Crippen MR) is 79.8 cm³/mol. The molecule has 0 saturated carbocycles. The standard InChI is InChI=1S/C11H11N3O10S/c1-23-9(15)5-25(21,22)8-4-6(13(17)18)3-7(14(19)20)10(8)12-11(16)24-2/h3-4H,5H2,1-2H3,(H,12,16). The molecule has 25 heavy (non-hydrogen) atoms. The van der Waals surface area contributed by atoms with Crippen molar-refractivity contribution in [1.82, 2.24) is 0 Å². The molecule has 0 heterocycles. The molecule has 1 N–H and O–H groups in total. The second-order valence-corrected chi connectivity index (χ2v) is 6.26. The summed E-state index contributed by atoms with van der Waals surface area (Å²) >= 11 is 0. The summed E-state index contributed by atoms with van der Waals surface area (Å²) in [6.07, 6.45) is -1.26. The van der Waals surface area contributed by atoms with E-state index in [1.54, 1.807) is 0 Å². The van der Waals surface area contributed by atoms with E-state index in [1.165, 1.54) is 0 Å². The van der Waals surface area contributed by atoms with Gasteiger partial charge in [-0.05, 0) is 0 Å². The lowest BCUT2D eigenvalue weighted by atomic mass is 10.2. The Kier molecular flexibility index (Phi) is 5.94. The van der Waals surface area contributed by atoms with E-state index in [-0.39, 0.29) is 0 Å². The van der Waals surface area contributed by atoms with Gasteiger partial charge in [0, 0.05) is 6.07 Å². The first kappa shape index (κ1) is 19.8. The Morgan fingerprint density at radius 2 is 1.72 bits per heavy atom. The average Bonchev–Trinajstić information content (AvgIpc) is 2.53. The van der Waals surface area contributed by atoms with Crippen molar-refractivity contribution in [3.63, 3.8) is 0 Å². The van der Waals surface area contributed by atoms with E-state index < -0.39 is 59.5 Å². The van der Waals surface area contributed by atoms with Crippen molar-refractivity contribution in [3.05, 3.63) is 32.4 Å². The fourth-order valence-corrected chi connectivity index (χ4v) is 3.00. The molecule has 0 aliphatic heterocycles. The zero-order valence-electron chi connectivity index (χ0n) is 12.7. The smallest absolute Gasteiger partial charge is 0.411 e. The molecule has 0 aromatic heterocycles. The summed E-state index contributed by atoms with van der Waals surface area (Å²) in [7, 11) is -2.81. The van der Waals surface area contributed by atoms with Crippen molar-refractivity contribution in [2.24, 2.45) is 0 Å². The van der Waals surface area contributed by atoms with E-state index in [1.807, 2.05) is 5.32 Å². The zero-order chi connectivity index (χ0) is 19.4. The van der Waals surface area contributed by atoms with E-state index in [4.69, 9.17) is 0 Å². The molecule has 136 valence electrons. The third-order valence-corrected chi connectivity index (χ3v) is 4.36. The largest absolute Gasteiger partial charge is 0.468 e. The molecule has 0 aliphatic carbocycles. The predicted octanol–water partition coefficient (Wildman–Crippen LogP) is 0.628. The number of esters is 1. The third kappa shape index (κ3) is 4.60. The molecule has 13 nitrogen and oxygen atoms in total. The lowest BCUT2D eigenvalue weighted by molar-refractivity contribution is -0.393. The number of rotatable bonds is 6. The van der Waals surface area contributed by atoms with E-state index >= 15 is 0 Å². The van der Waals surface area contributed by atoms with Gasteiger partial charge in [-0.2, -0.15) is 0 Å². The minimum Gasteiger partial charge on any atom is -0.468 e. The first-order chi connectivity index (χ1) is 11.5. The highest BCUT2D eigenvalue weighted by Gasteiger charge is 2.33. The van der Waals surface area contributed by atoms with Gasteiger partial charge < -0.3 is 9.47 Å².